The van der Waals surface area contributed by atoms with E-state index < -0.39 is 0 Å². The number of carbonyl (C=O) groups excluding carboxylic acids is 1. The second-order valence-electron chi connectivity index (χ2n) is 5.48. The largest absolute Gasteiger partial charge is 0.322 e. The first kappa shape index (κ1) is 17.5. The highest BCUT2D eigenvalue weighted by Gasteiger charge is 2.14. The van der Waals surface area contributed by atoms with E-state index in [0.717, 1.165) is 22.6 Å². The molecule has 0 aliphatic carbocycles. The van der Waals surface area contributed by atoms with Gasteiger partial charge < -0.3 is 5.32 Å². The third-order valence-electron chi connectivity index (χ3n) is 3.69. The number of thioether (sulfide) groups is 1. The molecule has 3 rings (SSSR count). The summed E-state index contributed by atoms with van der Waals surface area (Å²) in [5.74, 6) is 0.728. The second-order valence-corrected chi connectivity index (χ2v) is 6.86. The van der Waals surface area contributed by atoms with Gasteiger partial charge in [-0.1, -0.05) is 23.4 Å². The molecule has 1 aromatic carbocycles. The summed E-state index contributed by atoms with van der Waals surface area (Å²) in [6, 6.07) is 7.30. The number of carbonyl (C=O) groups is 1. The molecule has 0 saturated carbocycles. The number of aromatic amines is 1. The molecule has 2 aromatic heterocycles. The number of nitrogens with zero attached hydrogens (tertiary/aromatic N) is 4. The Morgan fingerprint density at radius 3 is 2.68 bits per heavy atom. The SMILES string of the molecule is Cc1nn(C)c(C)c1NC(=O)CSc1n[nH]c(-c2ccc(Cl)cc2)n1. The van der Waals surface area contributed by atoms with Gasteiger partial charge in [-0.3, -0.25) is 14.6 Å². The zero-order chi connectivity index (χ0) is 18.0. The molecule has 9 heteroatoms. The lowest BCUT2D eigenvalue weighted by Crippen LogP contribution is -2.15. The lowest BCUT2D eigenvalue weighted by Gasteiger charge is -2.04. The first-order chi connectivity index (χ1) is 11.9. The maximum atomic E-state index is 12.2. The van der Waals surface area contributed by atoms with Crippen LogP contribution < -0.4 is 5.32 Å². The van der Waals surface area contributed by atoms with Gasteiger partial charge in [-0.25, -0.2) is 4.98 Å². The number of aromatic nitrogens is 5. The Bertz CT molecular complexity index is 902. The van der Waals surface area contributed by atoms with Crippen LogP contribution >= 0.6 is 23.4 Å². The van der Waals surface area contributed by atoms with Crippen molar-refractivity contribution < 1.29 is 4.79 Å². The van der Waals surface area contributed by atoms with Gasteiger partial charge in [0.05, 0.1) is 22.8 Å². The Morgan fingerprint density at radius 1 is 1.32 bits per heavy atom. The minimum absolute atomic E-state index is 0.123. The molecule has 7 nitrogen and oxygen atoms in total. The lowest BCUT2D eigenvalue weighted by atomic mass is 10.2. The molecular formula is C16H17ClN6OS. The number of H-pyrrole nitrogens is 1. The van der Waals surface area contributed by atoms with Crippen LogP contribution in [-0.4, -0.2) is 36.6 Å². The topological polar surface area (TPSA) is 88.5 Å². The Morgan fingerprint density at radius 2 is 2.04 bits per heavy atom. The average molecular weight is 377 g/mol. The van der Waals surface area contributed by atoms with Crippen LogP contribution in [0, 0.1) is 13.8 Å². The van der Waals surface area contributed by atoms with Crippen LogP contribution in [0.4, 0.5) is 5.69 Å². The fourth-order valence-corrected chi connectivity index (χ4v) is 3.03. The Hall–Kier alpha value is -2.32. The molecule has 2 N–H and O–H groups in total. The lowest BCUT2D eigenvalue weighted by molar-refractivity contribution is -0.113. The molecule has 25 heavy (non-hydrogen) atoms. The van der Waals surface area contributed by atoms with E-state index in [-0.39, 0.29) is 11.7 Å². The first-order valence-electron chi connectivity index (χ1n) is 7.55. The van der Waals surface area contributed by atoms with Crippen molar-refractivity contribution in [1.29, 1.82) is 0 Å². The van der Waals surface area contributed by atoms with Gasteiger partial charge in [0.2, 0.25) is 11.1 Å². The monoisotopic (exact) mass is 376 g/mol. The van der Waals surface area contributed by atoms with Crippen molar-refractivity contribution >= 4 is 35.0 Å². The molecule has 130 valence electrons. The molecule has 0 bridgehead atoms. The number of hydrogen-bond acceptors (Lipinski definition) is 5. The standard InChI is InChI=1S/C16H17ClN6OS/c1-9-14(10(2)23(3)22-9)18-13(24)8-25-16-19-15(20-21-16)11-4-6-12(17)7-5-11/h4-7H,8H2,1-3H3,(H,18,24)(H,19,20,21). The number of aryl methyl sites for hydroxylation is 2. The van der Waals surface area contributed by atoms with E-state index in [0.29, 0.717) is 16.0 Å². The summed E-state index contributed by atoms with van der Waals surface area (Å²) in [5.41, 5.74) is 3.35. The van der Waals surface area contributed by atoms with Crippen molar-refractivity contribution in [2.75, 3.05) is 11.1 Å². The quantitative estimate of drug-likeness (QED) is 0.667. The maximum Gasteiger partial charge on any atom is 0.234 e. The Kier molecular flexibility index (Phi) is 5.10. The number of nitrogens with one attached hydrogen (secondary N) is 2. The van der Waals surface area contributed by atoms with E-state index in [1.54, 1.807) is 16.8 Å². The molecule has 0 fully saturated rings. The van der Waals surface area contributed by atoms with Crippen molar-refractivity contribution in [3.05, 3.63) is 40.7 Å². The summed E-state index contributed by atoms with van der Waals surface area (Å²) in [6.07, 6.45) is 0. The predicted octanol–water partition coefficient (Wildman–Crippen LogP) is 3.21. The number of halogens is 1. The van der Waals surface area contributed by atoms with E-state index in [4.69, 9.17) is 11.6 Å². The normalized spacial score (nSPS) is 10.9. The highest BCUT2D eigenvalue weighted by molar-refractivity contribution is 7.99. The molecule has 0 atom stereocenters. The zero-order valence-electron chi connectivity index (χ0n) is 14.0. The zero-order valence-corrected chi connectivity index (χ0v) is 15.6. The van der Waals surface area contributed by atoms with Crippen LogP contribution in [0.2, 0.25) is 5.02 Å². The number of benzene rings is 1. The fraction of sp³-hybridized carbons (Fsp3) is 0.250. The molecule has 0 aliphatic rings. The van der Waals surface area contributed by atoms with Crippen molar-refractivity contribution in [3.8, 4) is 11.4 Å². The van der Waals surface area contributed by atoms with Gasteiger partial charge in [-0.15, -0.1) is 5.10 Å². The third kappa shape index (κ3) is 4.02. The smallest absolute Gasteiger partial charge is 0.234 e. The minimum Gasteiger partial charge on any atom is -0.322 e. The molecule has 0 unspecified atom stereocenters. The molecule has 0 saturated heterocycles. The van der Waals surface area contributed by atoms with Crippen LogP contribution in [0.15, 0.2) is 29.4 Å². The first-order valence-corrected chi connectivity index (χ1v) is 8.91. The Labute approximate surface area is 154 Å². The minimum atomic E-state index is -0.123. The van der Waals surface area contributed by atoms with Crippen molar-refractivity contribution in [1.82, 2.24) is 25.0 Å². The maximum absolute atomic E-state index is 12.2. The predicted molar refractivity (Wildman–Crippen MR) is 98.9 cm³/mol. The van der Waals surface area contributed by atoms with Crippen LogP contribution in [0.5, 0.6) is 0 Å². The van der Waals surface area contributed by atoms with Crippen LogP contribution in [0.1, 0.15) is 11.4 Å². The van der Waals surface area contributed by atoms with Gasteiger partial charge in [0.15, 0.2) is 5.82 Å². The van der Waals surface area contributed by atoms with Gasteiger partial charge in [-0.2, -0.15) is 5.10 Å². The second kappa shape index (κ2) is 7.28. The van der Waals surface area contributed by atoms with E-state index in [9.17, 15) is 4.79 Å². The molecule has 0 radical (unpaired) electrons. The highest BCUT2D eigenvalue weighted by atomic mass is 35.5. The van der Waals surface area contributed by atoms with E-state index in [1.165, 1.54) is 11.8 Å². The molecular weight excluding hydrogens is 360 g/mol. The number of anilines is 1. The van der Waals surface area contributed by atoms with Crippen LogP contribution in [-0.2, 0) is 11.8 Å². The summed E-state index contributed by atoms with van der Waals surface area (Å²) in [5, 5.41) is 15.3. The van der Waals surface area contributed by atoms with Gasteiger partial charge in [0.25, 0.3) is 0 Å². The number of amides is 1. The Balaban J connectivity index is 1.60. The van der Waals surface area contributed by atoms with E-state index in [1.807, 2.05) is 33.0 Å². The van der Waals surface area contributed by atoms with Crippen molar-refractivity contribution in [2.24, 2.45) is 7.05 Å². The average Bonchev–Trinajstić information content (AvgIpc) is 3.14. The van der Waals surface area contributed by atoms with Crippen molar-refractivity contribution in [2.45, 2.75) is 19.0 Å². The molecule has 0 spiro atoms. The van der Waals surface area contributed by atoms with Gasteiger partial charge >= 0.3 is 0 Å². The summed E-state index contributed by atoms with van der Waals surface area (Å²) >= 11 is 7.14. The number of rotatable bonds is 5. The van der Waals surface area contributed by atoms with Crippen LogP contribution in [0.25, 0.3) is 11.4 Å². The van der Waals surface area contributed by atoms with Gasteiger partial charge in [-0.05, 0) is 38.1 Å². The van der Waals surface area contributed by atoms with Gasteiger partial charge in [0, 0.05) is 17.6 Å². The third-order valence-corrected chi connectivity index (χ3v) is 4.79. The highest BCUT2D eigenvalue weighted by Crippen LogP contribution is 2.22. The van der Waals surface area contributed by atoms with Crippen LogP contribution in [0.3, 0.4) is 0 Å². The fourth-order valence-electron chi connectivity index (χ4n) is 2.31. The molecule has 2 heterocycles. The molecule has 1 amide bonds. The molecule has 3 aromatic rings. The summed E-state index contributed by atoms with van der Waals surface area (Å²) < 4.78 is 1.74. The van der Waals surface area contributed by atoms with E-state index >= 15 is 0 Å². The summed E-state index contributed by atoms with van der Waals surface area (Å²) in [7, 11) is 1.85. The van der Waals surface area contributed by atoms with E-state index in [2.05, 4.69) is 25.6 Å². The van der Waals surface area contributed by atoms with Crippen molar-refractivity contribution in [3.63, 3.8) is 0 Å². The summed E-state index contributed by atoms with van der Waals surface area (Å²) in [6.45, 7) is 3.78. The van der Waals surface area contributed by atoms with Gasteiger partial charge in [0.1, 0.15) is 0 Å². The number of hydrogen-bond donors (Lipinski definition) is 2. The summed E-state index contributed by atoms with van der Waals surface area (Å²) in [4.78, 5) is 16.5. The molecule has 0 aliphatic heterocycles.